The number of rotatable bonds is 3. The Hall–Kier alpha value is -1.06. The van der Waals surface area contributed by atoms with Crippen molar-refractivity contribution in [2.75, 3.05) is 0 Å². The smallest absolute Gasteiger partial charge is 0.308 e. The van der Waals surface area contributed by atoms with Gasteiger partial charge in [0, 0.05) is 12.0 Å². The van der Waals surface area contributed by atoms with Crippen molar-refractivity contribution in [2.45, 2.75) is 63.8 Å². The molecule has 0 aromatic rings. The third-order valence-electron chi connectivity index (χ3n) is 5.74. The Morgan fingerprint density at radius 3 is 2.20 bits per heavy atom. The van der Waals surface area contributed by atoms with Crippen molar-refractivity contribution < 1.29 is 14.7 Å². The molecule has 0 aromatic heterocycles. The van der Waals surface area contributed by atoms with Crippen molar-refractivity contribution in [2.24, 2.45) is 23.7 Å². The molecule has 112 valence electrons. The topological polar surface area (TPSA) is 66.4 Å². The maximum Gasteiger partial charge on any atom is 0.308 e. The van der Waals surface area contributed by atoms with Crippen LogP contribution in [0.5, 0.6) is 0 Å². The average Bonchev–Trinajstić information content (AvgIpc) is 2.89. The van der Waals surface area contributed by atoms with E-state index in [1.165, 1.54) is 12.8 Å². The Labute approximate surface area is 120 Å². The number of amides is 1. The molecule has 3 aliphatic carbocycles. The van der Waals surface area contributed by atoms with Crippen LogP contribution >= 0.6 is 0 Å². The molecule has 2 bridgehead atoms. The molecule has 4 atom stereocenters. The fourth-order valence-corrected chi connectivity index (χ4v) is 4.68. The maximum absolute atomic E-state index is 12.4. The van der Waals surface area contributed by atoms with Crippen LogP contribution in [0.1, 0.15) is 57.8 Å². The van der Waals surface area contributed by atoms with Gasteiger partial charge in [0.1, 0.15) is 0 Å². The summed E-state index contributed by atoms with van der Waals surface area (Å²) in [6.45, 7) is 0. The summed E-state index contributed by atoms with van der Waals surface area (Å²) >= 11 is 0. The van der Waals surface area contributed by atoms with E-state index in [0.717, 1.165) is 44.9 Å². The highest BCUT2D eigenvalue weighted by Crippen LogP contribution is 2.48. The fraction of sp³-hybridized carbons (Fsp3) is 0.875. The molecule has 4 heteroatoms. The van der Waals surface area contributed by atoms with Crippen molar-refractivity contribution in [3.05, 3.63) is 0 Å². The first-order chi connectivity index (χ1) is 9.66. The molecule has 3 rings (SSSR count). The number of carbonyl (C=O) groups is 2. The van der Waals surface area contributed by atoms with Gasteiger partial charge in [-0.2, -0.15) is 0 Å². The van der Waals surface area contributed by atoms with Gasteiger partial charge in [0.05, 0.1) is 5.92 Å². The molecule has 20 heavy (non-hydrogen) atoms. The summed E-state index contributed by atoms with van der Waals surface area (Å²) in [4.78, 5) is 23.9. The molecule has 0 heterocycles. The van der Waals surface area contributed by atoms with E-state index < -0.39 is 5.97 Å². The van der Waals surface area contributed by atoms with Crippen LogP contribution in [0, 0.1) is 23.7 Å². The number of carbonyl (C=O) groups excluding carboxylic acids is 1. The van der Waals surface area contributed by atoms with Crippen LogP contribution < -0.4 is 5.32 Å². The minimum atomic E-state index is -0.719. The summed E-state index contributed by atoms with van der Waals surface area (Å²) in [7, 11) is 0. The number of carboxylic acids is 1. The lowest BCUT2D eigenvalue weighted by molar-refractivity contribution is -0.145. The molecule has 0 spiro atoms. The predicted molar refractivity (Wildman–Crippen MR) is 75.1 cm³/mol. The van der Waals surface area contributed by atoms with Crippen molar-refractivity contribution >= 4 is 11.9 Å². The third-order valence-corrected chi connectivity index (χ3v) is 5.74. The first-order valence-electron chi connectivity index (χ1n) is 8.20. The van der Waals surface area contributed by atoms with Gasteiger partial charge in [0.2, 0.25) is 5.91 Å². The van der Waals surface area contributed by atoms with Crippen LogP contribution in [-0.2, 0) is 9.59 Å². The standard InChI is InChI=1S/C16H25NO3/c18-15(10-5-3-1-2-4-6-10)17-14-12-8-7-11(9-12)13(14)16(19)20/h10-14H,1-9H2,(H,17,18)(H,19,20). The summed E-state index contributed by atoms with van der Waals surface area (Å²) < 4.78 is 0. The van der Waals surface area contributed by atoms with E-state index in [1.807, 2.05) is 0 Å². The zero-order valence-electron chi connectivity index (χ0n) is 12.0. The van der Waals surface area contributed by atoms with Crippen LogP contribution in [0.4, 0.5) is 0 Å². The largest absolute Gasteiger partial charge is 0.481 e. The number of carboxylic acid groups (broad SMARTS) is 1. The molecule has 3 aliphatic rings. The lowest BCUT2D eigenvalue weighted by atomic mass is 9.84. The van der Waals surface area contributed by atoms with Gasteiger partial charge in [-0.25, -0.2) is 0 Å². The summed E-state index contributed by atoms with van der Waals surface area (Å²) in [6, 6.07) is -0.109. The van der Waals surface area contributed by atoms with Crippen LogP contribution in [0.2, 0.25) is 0 Å². The number of nitrogens with one attached hydrogen (secondary N) is 1. The monoisotopic (exact) mass is 279 g/mol. The minimum absolute atomic E-state index is 0.109. The van der Waals surface area contributed by atoms with Gasteiger partial charge < -0.3 is 10.4 Å². The first kappa shape index (κ1) is 13.9. The molecule has 4 unspecified atom stereocenters. The highest BCUT2D eigenvalue weighted by atomic mass is 16.4. The summed E-state index contributed by atoms with van der Waals surface area (Å²) in [6.07, 6.45) is 9.79. The van der Waals surface area contributed by atoms with E-state index in [2.05, 4.69) is 5.32 Å². The van der Waals surface area contributed by atoms with E-state index in [-0.39, 0.29) is 29.7 Å². The predicted octanol–water partition coefficient (Wildman–Crippen LogP) is 2.57. The van der Waals surface area contributed by atoms with Crippen molar-refractivity contribution in [1.82, 2.24) is 5.32 Å². The van der Waals surface area contributed by atoms with Gasteiger partial charge >= 0.3 is 5.97 Å². The minimum Gasteiger partial charge on any atom is -0.481 e. The molecule has 4 nitrogen and oxygen atoms in total. The molecule has 1 amide bonds. The number of hydrogen-bond donors (Lipinski definition) is 2. The number of aliphatic carboxylic acids is 1. The van der Waals surface area contributed by atoms with Crippen molar-refractivity contribution in [3.8, 4) is 0 Å². The second-order valence-corrected chi connectivity index (χ2v) is 6.92. The van der Waals surface area contributed by atoms with Gasteiger partial charge in [-0.15, -0.1) is 0 Å². The van der Waals surface area contributed by atoms with Gasteiger partial charge in [-0.05, 0) is 43.9 Å². The van der Waals surface area contributed by atoms with E-state index >= 15 is 0 Å². The molecule has 0 aliphatic heterocycles. The highest BCUT2D eigenvalue weighted by Gasteiger charge is 2.51. The summed E-state index contributed by atoms with van der Waals surface area (Å²) in [5.41, 5.74) is 0. The Morgan fingerprint density at radius 1 is 0.900 bits per heavy atom. The number of fused-ring (bicyclic) bond motifs is 2. The molecule has 0 aromatic carbocycles. The van der Waals surface area contributed by atoms with Crippen LogP contribution in [-0.4, -0.2) is 23.0 Å². The molecule has 3 fully saturated rings. The third kappa shape index (κ3) is 2.57. The van der Waals surface area contributed by atoms with Crippen LogP contribution in [0.25, 0.3) is 0 Å². The lowest BCUT2D eigenvalue weighted by Gasteiger charge is -2.30. The lowest BCUT2D eigenvalue weighted by Crippen LogP contribution is -2.48. The van der Waals surface area contributed by atoms with E-state index in [9.17, 15) is 14.7 Å². The van der Waals surface area contributed by atoms with Crippen LogP contribution in [0.15, 0.2) is 0 Å². The van der Waals surface area contributed by atoms with E-state index in [4.69, 9.17) is 0 Å². The van der Waals surface area contributed by atoms with Crippen molar-refractivity contribution in [1.29, 1.82) is 0 Å². The molecule has 0 saturated heterocycles. The SMILES string of the molecule is O=C(NC1C2CCC(C2)C1C(=O)O)C1CCCCCC1. The second-order valence-electron chi connectivity index (χ2n) is 6.92. The Balaban J connectivity index is 1.64. The molecule has 2 N–H and O–H groups in total. The normalized spacial score (nSPS) is 37.6. The van der Waals surface area contributed by atoms with Crippen LogP contribution in [0.3, 0.4) is 0 Å². The van der Waals surface area contributed by atoms with Gasteiger partial charge in [0.15, 0.2) is 0 Å². The fourth-order valence-electron chi connectivity index (χ4n) is 4.68. The molecule has 3 saturated carbocycles. The van der Waals surface area contributed by atoms with Gasteiger partial charge in [-0.3, -0.25) is 9.59 Å². The zero-order chi connectivity index (χ0) is 14.1. The van der Waals surface area contributed by atoms with E-state index in [0.29, 0.717) is 5.92 Å². The highest BCUT2D eigenvalue weighted by molar-refractivity contribution is 5.80. The van der Waals surface area contributed by atoms with Gasteiger partial charge in [-0.1, -0.05) is 25.7 Å². The van der Waals surface area contributed by atoms with Gasteiger partial charge in [0.25, 0.3) is 0 Å². The molecular weight excluding hydrogens is 254 g/mol. The molecular formula is C16H25NO3. The maximum atomic E-state index is 12.4. The Bertz CT molecular complexity index is 387. The average molecular weight is 279 g/mol. The Kier molecular flexibility index (Phi) is 3.99. The second kappa shape index (κ2) is 5.74. The molecule has 0 radical (unpaired) electrons. The Morgan fingerprint density at radius 2 is 1.55 bits per heavy atom. The summed E-state index contributed by atoms with van der Waals surface area (Å²) in [5, 5.41) is 12.5. The quantitative estimate of drug-likeness (QED) is 0.780. The van der Waals surface area contributed by atoms with E-state index in [1.54, 1.807) is 0 Å². The first-order valence-corrected chi connectivity index (χ1v) is 8.20. The zero-order valence-corrected chi connectivity index (χ0v) is 12.0. The van der Waals surface area contributed by atoms with Crippen molar-refractivity contribution in [3.63, 3.8) is 0 Å². The number of hydrogen-bond acceptors (Lipinski definition) is 2. The summed E-state index contributed by atoms with van der Waals surface area (Å²) in [5.74, 6) is -0.138.